The molecule has 0 saturated carbocycles. The van der Waals surface area contributed by atoms with Crippen molar-refractivity contribution in [2.45, 2.75) is 45.9 Å². The molecule has 1 unspecified atom stereocenters. The van der Waals surface area contributed by atoms with Crippen LogP contribution in [0.4, 0.5) is 5.82 Å². The van der Waals surface area contributed by atoms with Crippen LogP contribution in [0, 0.1) is 0 Å². The Balaban J connectivity index is 2.66. The Morgan fingerprint density at radius 1 is 1.37 bits per heavy atom. The lowest BCUT2D eigenvalue weighted by atomic mass is 10.1. The molecular weight excluding hydrogens is 262 g/mol. The van der Waals surface area contributed by atoms with Crippen LogP contribution < -0.4 is 10.6 Å². The molecule has 0 spiro atoms. The lowest BCUT2D eigenvalue weighted by molar-refractivity contribution is 0.128. The minimum absolute atomic E-state index is 0.0407. The van der Waals surface area contributed by atoms with E-state index in [2.05, 4.69) is 36.4 Å². The van der Waals surface area contributed by atoms with Gasteiger partial charge in [0.15, 0.2) is 0 Å². The molecular formula is C14H24ClN3O. The summed E-state index contributed by atoms with van der Waals surface area (Å²) >= 11 is 6.16. The molecule has 1 aromatic rings. The van der Waals surface area contributed by atoms with Gasteiger partial charge in [-0.05, 0) is 39.8 Å². The summed E-state index contributed by atoms with van der Waals surface area (Å²) in [5, 5.41) is 7.30. The summed E-state index contributed by atoms with van der Waals surface area (Å²) in [6.07, 6.45) is 0.147. The normalized spacial score (nSPS) is 13.4. The third-order valence-corrected chi connectivity index (χ3v) is 3.02. The van der Waals surface area contributed by atoms with E-state index < -0.39 is 0 Å². The molecule has 19 heavy (non-hydrogen) atoms. The Morgan fingerprint density at radius 2 is 2.05 bits per heavy atom. The fourth-order valence-electron chi connectivity index (χ4n) is 1.39. The highest BCUT2D eigenvalue weighted by Crippen LogP contribution is 2.17. The Labute approximate surface area is 120 Å². The van der Waals surface area contributed by atoms with E-state index >= 15 is 0 Å². The van der Waals surface area contributed by atoms with Gasteiger partial charge in [0.2, 0.25) is 0 Å². The largest absolute Gasteiger partial charge is 0.380 e. The highest BCUT2D eigenvalue weighted by atomic mass is 35.5. The van der Waals surface area contributed by atoms with Crippen molar-refractivity contribution in [3.8, 4) is 0 Å². The summed E-state index contributed by atoms with van der Waals surface area (Å²) in [6.45, 7) is 9.72. The molecule has 0 bridgehead atoms. The minimum atomic E-state index is 0.0407. The molecule has 1 rings (SSSR count). The Hall–Kier alpha value is -0.840. The first-order valence-electron chi connectivity index (χ1n) is 6.49. The van der Waals surface area contributed by atoms with Gasteiger partial charge >= 0.3 is 0 Å². The Morgan fingerprint density at radius 3 is 2.63 bits per heavy atom. The molecule has 1 atom stereocenters. The van der Waals surface area contributed by atoms with Crippen LogP contribution in [0.3, 0.4) is 0 Å². The van der Waals surface area contributed by atoms with E-state index in [1.807, 2.05) is 19.1 Å². The molecule has 0 aliphatic heterocycles. The van der Waals surface area contributed by atoms with Crippen molar-refractivity contribution in [1.82, 2.24) is 10.3 Å². The lowest BCUT2D eigenvalue weighted by Crippen LogP contribution is -2.35. The fourth-order valence-corrected chi connectivity index (χ4v) is 1.56. The molecule has 0 saturated heterocycles. The molecule has 0 amide bonds. The van der Waals surface area contributed by atoms with E-state index in [4.69, 9.17) is 16.3 Å². The minimum Gasteiger partial charge on any atom is -0.380 e. The molecule has 0 fully saturated rings. The summed E-state index contributed by atoms with van der Waals surface area (Å²) in [7, 11) is 1.69. The summed E-state index contributed by atoms with van der Waals surface area (Å²) in [5.41, 5.74) is 0.894. The number of methoxy groups -OCH3 is 1. The molecule has 0 radical (unpaired) electrons. The van der Waals surface area contributed by atoms with Crippen molar-refractivity contribution in [3.05, 3.63) is 22.8 Å². The smallest absolute Gasteiger partial charge is 0.126 e. The number of rotatable bonds is 6. The van der Waals surface area contributed by atoms with E-state index in [0.29, 0.717) is 11.6 Å². The lowest BCUT2D eigenvalue weighted by Gasteiger charge is -2.21. The van der Waals surface area contributed by atoms with Gasteiger partial charge in [-0.25, -0.2) is 4.98 Å². The predicted octanol–water partition coefficient (Wildman–Crippen LogP) is 3.07. The van der Waals surface area contributed by atoms with Crippen LogP contribution in [0.1, 0.15) is 33.4 Å². The quantitative estimate of drug-likeness (QED) is 0.843. The maximum absolute atomic E-state index is 6.16. The number of nitrogens with one attached hydrogen (secondary N) is 2. The SMILES string of the molecule is COC(C)CNc1ccc(Cl)c(CNC(C)(C)C)n1. The number of anilines is 1. The van der Waals surface area contributed by atoms with E-state index in [0.717, 1.165) is 18.1 Å². The highest BCUT2D eigenvalue weighted by molar-refractivity contribution is 6.31. The second-order valence-corrected chi connectivity index (χ2v) is 6.06. The number of aromatic nitrogens is 1. The van der Waals surface area contributed by atoms with Crippen LogP contribution in [0.25, 0.3) is 0 Å². The van der Waals surface area contributed by atoms with E-state index in [9.17, 15) is 0 Å². The van der Waals surface area contributed by atoms with Crippen molar-refractivity contribution < 1.29 is 4.74 Å². The van der Waals surface area contributed by atoms with Crippen LogP contribution in [0.15, 0.2) is 12.1 Å². The van der Waals surface area contributed by atoms with Crippen molar-refractivity contribution in [1.29, 1.82) is 0 Å². The molecule has 108 valence electrons. The summed E-state index contributed by atoms with van der Waals surface area (Å²) in [5.74, 6) is 0.819. The summed E-state index contributed by atoms with van der Waals surface area (Å²) in [4.78, 5) is 4.52. The average Bonchev–Trinajstić information content (AvgIpc) is 2.34. The number of hydrogen-bond acceptors (Lipinski definition) is 4. The molecule has 5 heteroatoms. The van der Waals surface area contributed by atoms with Crippen LogP contribution in [-0.4, -0.2) is 30.3 Å². The average molecular weight is 286 g/mol. The molecule has 1 aromatic heterocycles. The molecule has 0 aromatic carbocycles. The maximum atomic E-state index is 6.16. The molecule has 0 aliphatic rings. The predicted molar refractivity (Wildman–Crippen MR) is 80.8 cm³/mol. The van der Waals surface area contributed by atoms with E-state index in [1.54, 1.807) is 7.11 Å². The zero-order valence-corrected chi connectivity index (χ0v) is 13.1. The third kappa shape index (κ3) is 6.23. The van der Waals surface area contributed by atoms with Gasteiger partial charge in [0.25, 0.3) is 0 Å². The molecule has 0 aliphatic carbocycles. The van der Waals surface area contributed by atoms with E-state index in [-0.39, 0.29) is 11.6 Å². The standard InChI is InChI=1S/C14H24ClN3O/c1-10(19-5)8-16-13-7-6-11(15)12(18-13)9-17-14(2,3)4/h6-7,10,17H,8-9H2,1-5H3,(H,16,18). The van der Waals surface area contributed by atoms with Gasteiger partial charge in [0.05, 0.1) is 16.8 Å². The summed E-state index contributed by atoms with van der Waals surface area (Å²) in [6, 6.07) is 3.75. The summed E-state index contributed by atoms with van der Waals surface area (Å²) < 4.78 is 5.19. The maximum Gasteiger partial charge on any atom is 0.126 e. The monoisotopic (exact) mass is 285 g/mol. The second kappa shape index (κ2) is 7.08. The Bertz CT molecular complexity index is 404. The van der Waals surface area contributed by atoms with Crippen molar-refractivity contribution in [3.63, 3.8) is 0 Å². The van der Waals surface area contributed by atoms with Crippen LogP contribution in [-0.2, 0) is 11.3 Å². The van der Waals surface area contributed by atoms with Gasteiger partial charge in [-0.2, -0.15) is 0 Å². The molecule has 2 N–H and O–H groups in total. The van der Waals surface area contributed by atoms with Crippen LogP contribution in [0.2, 0.25) is 5.02 Å². The first-order valence-corrected chi connectivity index (χ1v) is 6.87. The van der Waals surface area contributed by atoms with Gasteiger partial charge < -0.3 is 15.4 Å². The number of pyridine rings is 1. The number of halogens is 1. The second-order valence-electron chi connectivity index (χ2n) is 5.66. The number of ether oxygens (including phenoxy) is 1. The zero-order chi connectivity index (χ0) is 14.5. The fraction of sp³-hybridized carbons (Fsp3) is 0.643. The first-order chi connectivity index (χ1) is 8.81. The zero-order valence-electron chi connectivity index (χ0n) is 12.4. The van der Waals surface area contributed by atoms with E-state index in [1.165, 1.54) is 0 Å². The molecule has 1 heterocycles. The van der Waals surface area contributed by atoms with Crippen molar-refractivity contribution in [2.24, 2.45) is 0 Å². The van der Waals surface area contributed by atoms with Gasteiger partial charge in [-0.15, -0.1) is 0 Å². The van der Waals surface area contributed by atoms with Crippen LogP contribution in [0.5, 0.6) is 0 Å². The topological polar surface area (TPSA) is 46.2 Å². The van der Waals surface area contributed by atoms with Gasteiger partial charge in [-0.1, -0.05) is 11.6 Å². The van der Waals surface area contributed by atoms with Gasteiger partial charge in [0, 0.05) is 25.7 Å². The number of hydrogen-bond donors (Lipinski definition) is 2. The highest BCUT2D eigenvalue weighted by Gasteiger charge is 2.11. The molecule has 4 nitrogen and oxygen atoms in total. The van der Waals surface area contributed by atoms with Crippen molar-refractivity contribution >= 4 is 17.4 Å². The van der Waals surface area contributed by atoms with Gasteiger partial charge in [-0.3, -0.25) is 0 Å². The van der Waals surface area contributed by atoms with Crippen molar-refractivity contribution in [2.75, 3.05) is 19.0 Å². The first kappa shape index (κ1) is 16.2. The third-order valence-electron chi connectivity index (χ3n) is 2.68. The Kier molecular flexibility index (Phi) is 6.04. The van der Waals surface area contributed by atoms with Crippen LogP contribution >= 0.6 is 11.6 Å². The number of nitrogens with zero attached hydrogens (tertiary/aromatic N) is 1. The van der Waals surface area contributed by atoms with Gasteiger partial charge in [0.1, 0.15) is 5.82 Å².